The summed E-state index contributed by atoms with van der Waals surface area (Å²) in [5.41, 5.74) is 0. The van der Waals surface area contributed by atoms with Crippen LogP contribution >= 0.6 is 39.5 Å². The van der Waals surface area contributed by atoms with Gasteiger partial charge in [0.05, 0.1) is 11.0 Å². The number of thioether (sulfide) groups is 2. The number of benzene rings is 1. The molecule has 7 heteroatoms. The number of carboxylic acids is 1. The van der Waals surface area contributed by atoms with Crippen molar-refractivity contribution in [2.24, 2.45) is 0 Å². The molecule has 0 aliphatic carbocycles. The van der Waals surface area contributed by atoms with E-state index in [4.69, 9.17) is 5.11 Å². The Bertz CT molecular complexity index is 453. The number of amides is 1. The summed E-state index contributed by atoms with van der Waals surface area (Å²) in [6.07, 6.45) is 0. The minimum atomic E-state index is -0.833. The zero-order valence-corrected chi connectivity index (χ0v) is 14.2. The fourth-order valence-corrected chi connectivity index (χ4v) is 3.04. The molecule has 1 amide bonds. The van der Waals surface area contributed by atoms with Gasteiger partial charge in [-0.15, -0.1) is 23.5 Å². The van der Waals surface area contributed by atoms with E-state index in [2.05, 4.69) is 21.2 Å². The van der Waals surface area contributed by atoms with E-state index in [0.29, 0.717) is 12.3 Å². The zero-order valence-electron chi connectivity index (χ0n) is 11.0. The molecule has 110 valence electrons. The summed E-state index contributed by atoms with van der Waals surface area (Å²) in [6.45, 7) is 2.34. The van der Waals surface area contributed by atoms with Gasteiger partial charge in [-0.25, -0.2) is 0 Å². The fraction of sp³-hybridized carbons (Fsp3) is 0.385. The molecule has 1 aromatic carbocycles. The Morgan fingerprint density at radius 1 is 1.35 bits per heavy atom. The van der Waals surface area contributed by atoms with Gasteiger partial charge in [0.15, 0.2) is 0 Å². The van der Waals surface area contributed by atoms with E-state index in [-0.39, 0.29) is 16.9 Å². The summed E-state index contributed by atoms with van der Waals surface area (Å²) in [5.74, 6) is -0.193. The number of hydrogen-bond acceptors (Lipinski definition) is 4. The number of aliphatic carboxylic acids is 1. The SMILES string of the molecule is CC(Sc1ccc(Br)cc1)C(=O)NCCSCC(=O)O. The molecular weight excluding hydrogens is 362 g/mol. The Kier molecular flexibility index (Phi) is 8.09. The fourth-order valence-electron chi connectivity index (χ4n) is 1.32. The predicted octanol–water partition coefficient (Wildman–Crippen LogP) is 2.86. The maximum absolute atomic E-state index is 11.8. The van der Waals surface area contributed by atoms with E-state index < -0.39 is 5.97 Å². The van der Waals surface area contributed by atoms with Crippen molar-refractivity contribution in [2.45, 2.75) is 17.1 Å². The van der Waals surface area contributed by atoms with Crippen molar-refractivity contribution < 1.29 is 14.7 Å². The van der Waals surface area contributed by atoms with Crippen LogP contribution in [0.25, 0.3) is 0 Å². The van der Waals surface area contributed by atoms with Crippen molar-refractivity contribution in [2.75, 3.05) is 18.1 Å². The maximum atomic E-state index is 11.8. The Balaban J connectivity index is 2.25. The summed E-state index contributed by atoms with van der Waals surface area (Å²) in [4.78, 5) is 23.2. The van der Waals surface area contributed by atoms with Gasteiger partial charge in [0, 0.05) is 21.7 Å². The molecule has 0 aliphatic rings. The predicted molar refractivity (Wildman–Crippen MR) is 87.4 cm³/mol. The van der Waals surface area contributed by atoms with E-state index in [0.717, 1.165) is 9.37 Å². The van der Waals surface area contributed by atoms with Crippen LogP contribution in [0.2, 0.25) is 0 Å². The molecule has 0 aromatic heterocycles. The topological polar surface area (TPSA) is 66.4 Å². The first kappa shape index (κ1) is 17.4. The van der Waals surface area contributed by atoms with Crippen LogP contribution < -0.4 is 5.32 Å². The summed E-state index contributed by atoms with van der Waals surface area (Å²) in [6, 6.07) is 7.80. The van der Waals surface area contributed by atoms with Crippen LogP contribution in [0.5, 0.6) is 0 Å². The van der Waals surface area contributed by atoms with Gasteiger partial charge in [-0.2, -0.15) is 0 Å². The quantitative estimate of drug-likeness (QED) is 0.538. The van der Waals surface area contributed by atoms with Gasteiger partial charge in [-0.3, -0.25) is 9.59 Å². The van der Waals surface area contributed by atoms with E-state index in [1.165, 1.54) is 23.5 Å². The van der Waals surface area contributed by atoms with E-state index in [1.54, 1.807) is 0 Å². The Morgan fingerprint density at radius 2 is 2.00 bits per heavy atom. The van der Waals surface area contributed by atoms with Crippen LogP contribution in [0.3, 0.4) is 0 Å². The maximum Gasteiger partial charge on any atom is 0.313 e. The lowest BCUT2D eigenvalue weighted by Gasteiger charge is -2.11. The molecule has 2 N–H and O–H groups in total. The summed E-state index contributed by atoms with van der Waals surface area (Å²) in [7, 11) is 0. The molecule has 1 rings (SSSR count). The Hall–Kier alpha value is -0.660. The van der Waals surface area contributed by atoms with Gasteiger partial charge in [0.1, 0.15) is 0 Å². The Morgan fingerprint density at radius 3 is 2.60 bits per heavy atom. The van der Waals surface area contributed by atoms with Crippen LogP contribution in [-0.2, 0) is 9.59 Å². The highest BCUT2D eigenvalue weighted by Gasteiger charge is 2.13. The van der Waals surface area contributed by atoms with Crippen LogP contribution in [0.15, 0.2) is 33.6 Å². The molecule has 0 bridgehead atoms. The molecule has 0 spiro atoms. The van der Waals surface area contributed by atoms with Crippen molar-refractivity contribution in [3.8, 4) is 0 Å². The van der Waals surface area contributed by atoms with Crippen molar-refractivity contribution in [1.82, 2.24) is 5.32 Å². The molecule has 1 unspecified atom stereocenters. The molecule has 1 atom stereocenters. The van der Waals surface area contributed by atoms with Gasteiger partial charge in [-0.05, 0) is 31.2 Å². The number of hydrogen-bond donors (Lipinski definition) is 2. The lowest BCUT2D eigenvalue weighted by Crippen LogP contribution is -2.32. The van der Waals surface area contributed by atoms with E-state index in [1.807, 2.05) is 31.2 Å². The molecule has 20 heavy (non-hydrogen) atoms. The second-order valence-electron chi connectivity index (χ2n) is 3.95. The van der Waals surface area contributed by atoms with Gasteiger partial charge < -0.3 is 10.4 Å². The number of carbonyl (C=O) groups is 2. The summed E-state index contributed by atoms with van der Waals surface area (Å²) >= 11 is 6.16. The zero-order chi connectivity index (χ0) is 15.0. The molecule has 0 radical (unpaired) electrons. The molecule has 0 saturated heterocycles. The summed E-state index contributed by atoms with van der Waals surface area (Å²) in [5, 5.41) is 11.1. The lowest BCUT2D eigenvalue weighted by atomic mass is 10.4. The largest absolute Gasteiger partial charge is 0.481 e. The number of carboxylic acid groups (broad SMARTS) is 1. The lowest BCUT2D eigenvalue weighted by molar-refractivity contribution is -0.133. The van der Waals surface area contributed by atoms with Crippen molar-refractivity contribution in [3.63, 3.8) is 0 Å². The molecule has 0 aliphatic heterocycles. The molecule has 1 aromatic rings. The average molecular weight is 378 g/mol. The molecular formula is C13H16BrNO3S2. The minimum absolute atomic E-state index is 0.0335. The van der Waals surface area contributed by atoms with Gasteiger partial charge in [-0.1, -0.05) is 15.9 Å². The first-order chi connectivity index (χ1) is 9.49. The second-order valence-corrected chi connectivity index (χ2v) is 7.39. The van der Waals surface area contributed by atoms with Crippen molar-refractivity contribution in [1.29, 1.82) is 0 Å². The highest BCUT2D eigenvalue weighted by Crippen LogP contribution is 2.24. The average Bonchev–Trinajstić information content (AvgIpc) is 2.40. The molecule has 0 fully saturated rings. The van der Waals surface area contributed by atoms with Crippen molar-refractivity contribution in [3.05, 3.63) is 28.7 Å². The first-order valence-electron chi connectivity index (χ1n) is 5.98. The number of nitrogens with one attached hydrogen (secondary N) is 1. The van der Waals surface area contributed by atoms with E-state index >= 15 is 0 Å². The number of halogens is 1. The first-order valence-corrected chi connectivity index (χ1v) is 8.81. The van der Waals surface area contributed by atoms with Crippen LogP contribution in [0.4, 0.5) is 0 Å². The summed E-state index contributed by atoms with van der Waals surface area (Å²) < 4.78 is 1.01. The van der Waals surface area contributed by atoms with E-state index in [9.17, 15) is 9.59 Å². The number of carbonyl (C=O) groups excluding carboxylic acids is 1. The number of rotatable bonds is 8. The standard InChI is InChI=1S/C13H16BrNO3S2/c1-9(20-11-4-2-10(14)3-5-11)13(18)15-6-7-19-8-12(16)17/h2-5,9H,6-8H2,1H3,(H,15,18)(H,16,17). The normalized spacial score (nSPS) is 11.9. The molecule has 4 nitrogen and oxygen atoms in total. The third-order valence-corrected chi connectivity index (χ3v) is 4.85. The second kappa shape index (κ2) is 9.31. The van der Waals surface area contributed by atoms with Gasteiger partial charge in [0.2, 0.25) is 5.91 Å². The van der Waals surface area contributed by atoms with Gasteiger partial charge in [0.25, 0.3) is 0 Å². The Labute approximate surface area is 135 Å². The van der Waals surface area contributed by atoms with Crippen LogP contribution in [0, 0.1) is 0 Å². The molecule has 0 heterocycles. The van der Waals surface area contributed by atoms with Gasteiger partial charge >= 0.3 is 5.97 Å². The monoisotopic (exact) mass is 377 g/mol. The highest BCUT2D eigenvalue weighted by atomic mass is 79.9. The molecule has 0 saturated carbocycles. The highest BCUT2D eigenvalue weighted by molar-refractivity contribution is 9.10. The van der Waals surface area contributed by atoms with Crippen molar-refractivity contribution >= 4 is 51.3 Å². The third kappa shape index (κ3) is 7.21. The van der Waals surface area contributed by atoms with Crippen LogP contribution in [0.1, 0.15) is 6.92 Å². The van der Waals surface area contributed by atoms with Crippen LogP contribution in [-0.4, -0.2) is 40.3 Å². The smallest absolute Gasteiger partial charge is 0.313 e. The minimum Gasteiger partial charge on any atom is -0.481 e. The third-order valence-electron chi connectivity index (χ3n) is 2.27.